The van der Waals surface area contributed by atoms with E-state index in [1.165, 1.54) is 22.3 Å². The van der Waals surface area contributed by atoms with Gasteiger partial charge in [0.2, 0.25) is 0 Å². The zero-order valence-electron chi connectivity index (χ0n) is 24.5. The van der Waals surface area contributed by atoms with Crippen molar-refractivity contribution in [3.05, 3.63) is 144 Å². The average molecular weight is 483 g/mol. The van der Waals surface area contributed by atoms with Gasteiger partial charge < -0.3 is 0 Å². The molecule has 0 aliphatic carbocycles. The van der Waals surface area contributed by atoms with Gasteiger partial charge in [0.1, 0.15) is 0 Å². The van der Waals surface area contributed by atoms with E-state index in [0.29, 0.717) is 10.8 Å². The molecule has 0 fully saturated rings. The highest BCUT2D eigenvalue weighted by Crippen LogP contribution is 2.21. The number of rotatable bonds is 0. The Labute approximate surface area is 223 Å². The Morgan fingerprint density at radius 1 is 0.333 bits per heavy atom. The molecule has 0 saturated carbocycles. The Kier molecular flexibility index (Phi) is 16.6. The SMILES string of the molecule is CC.CC(C)(C)c1ccccc1.CC(C)(C)c1ccccc1.Cc1ccccc1.Cc1ccccc1. The van der Waals surface area contributed by atoms with E-state index in [9.17, 15) is 0 Å². The summed E-state index contributed by atoms with van der Waals surface area (Å²) in [5, 5.41) is 0. The third kappa shape index (κ3) is 16.5. The lowest BCUT2D eigenvalue weighted by atomic mass is 9.87. The molecule has 0 spiro atoms. The van der Waals surface area contributed by atoms with Crippen molar-refractivity contribution in [1.29, 1.82) is 0 Å². The molecule has 194 valence electrons. The molecule has 0 nitrogen and oxygen atoms in total. The van der Waals surface area contributed by atoms with Crippen LogP contribution in [-0.2, 0) is 10.8 Å². The summed E-state index contributed by atoms with van der Waals surface area (Å²) in [5.74, 6) is 0. The van der Waals surface area contributed by atoms with Crippen LogP contribution in [0.25, 0.3) is 0 Å². The molecule has 0 unspecified atom stereocenters. The van der Waals surface area contributed by atoms with Gasteiger partial charge in [0, 0.05) is 0 Å². The molecule has 0 aliphatic heterocycles. The molecule has 0 radical (unpaired) electrons. The smallest absolute Gasteiger partial charge is 0.0132 e. The Hall–Kier alpha value is -3.12. The van der Waals surface area contributed by atoms with Crippen molar-refractivity contribution in [3.63, 3.8) is 0 Å². The topological polar surface area (TPSA) is 0 Å². The fraction of sp³-hybridized carbons (Fsp3) is 0.333. The van der Waals surface area contributed by atoms with E-state index in [2.05, 4.69) is 140 Å². The highest BCUT2D eigenvalue weighted by molar-refractivity contribution is 5.22. The summed E-state index contributed by atoms with van der Waals surface area (Å²) < 4.78 is 0. The Bertz CT molecular complexity index is 901. The molecule has 4 rings (SSSR count). The molecular formula is C36H50. The lowest BCUT2D eigenvalue weighted by Crippen LogP contribution is -2.10. The maximum atomic E-state index is 2.22. The normalized spacial score (nSPS) is 9.94. The first-order valence-corrected chi connectivity index (χ1v) is 13.1. The van der Waals surface area contributed by atoms with Gasteiger partial charge in [0.05, 0.1) is 0 Å². The van der Waals surface area contributed by atoms with Crippen molar-refractivity contribution in [3.8, 4) is 0 Å². The summed E-state index contributed by atoms with van der Waals surface area (Å²) in [4.78, 5) is 0. The van der Waals surface area contributed by atoms with E-state index in [1.807, 2.05) is 50.2 Å². The van der Waals surface area contributed by atoms with E-state index in [1.54, 1.807) is 0 Å². The van der Waals surface area contributed by atoms with E-state index >= 15 is 0 Å². The van der Waals surface area contributed by atoms with Crippen molar-refractivity contribution >= 4 is 0 Å². The van der Waals surface area contributed by atoms with Gasteiger partial charge >= 0.3 is 0 Å². The predicted molar refractivity (Wildman–Crippen MR) is 164 cm³/mol. The molecule has 0 heterocycles. The first-order chi connectivity index (χ1) is 17.0. The summed E-state index contributed by atoms with van der Waals surface area (Å²) in [7, 11) is 0. The fourth-order valence-corrected chi connectivity index (χ4v) is 2.95. The Morgan fingerprint density at radius 2 is 0.528 bits per heavy atom. The fourth-order valence-electron chi connectivity index (χ4n) is 2.95. The van der Waals surface area contributed by atoms with Crippen LogP contribution in [0.3, 0.4) is 0 Å². The first kappa shape index (κ1) is 32.9. The summed E-state index contributed by atoms with van der Waals surface area (Å²) in [6.45, 7) is 21.5. The maximum Gasteiger partial charge on any atom is -0.0132 e. The van der Waals surface area contributed by atoms with Gasteiger partial charge in [-0.05, 0) is 35.8 Å². The molecule has 4 aromatic rings. The molecule has 0 bridgehead atoms. The van der Waals surface area contributed by atoms with Gasteiger partial charge in [0.25, 0.3) is 0 Å². The third-order valence-corrected chi connectivity index (χ3v) is 5.16. The molecule has 0 heteroatoms. The quantitative estimate of drug-likeness (QED) is 0.234. The highest BCUT2D eigenvalue weighted by atomic mass is 14.2. The van der Waals surface area contributed by atoms with Crippen LogP contribution in [0.2, 0.25) is 0 Å². The zero-order chi connectivity index (χ0) is 27.5. The zero-order valence-corrected chi connectivity index (χ0v) is 24.5. The molecule has 0 amide bonds. The largest absolute Gasteiger partial charge is 0.0683 e. The van der Waals surface area contributed by atoms with Crippen LogP contribution in [0.1, 0.15) is 77.6 Å². The van der Waals surface area contributed by atoms with Crippen LogP contribution in [0, 0.1) is 13.8 Å². The second-order valence-corrected chi connectivity index (χ2v) is 10.5. The van der Waals surface area contributed by atoms with Crippen LogP contribution in [0.5, 0.6) is 0 Å². The average Bonchev–Trinajstić information content (AvgIpc) is 2.88. The van der Waals surface area contributed by atoms with Gasteiger partial charge in [-0.2, -0.15) is 0 Å². The molecule has 0 aliphatic rings. The van der Waals surface area contributed by atoms with Crippen LogP contribution >= 0.6 is 0 Å². The van der Waals surface area contributed by atoms with E-state index in [4.69, 9.17) is 0 Å². The van der Waals surface area contributed by atoms with Gasteiger partial charge in [-0.15, -0.1) is 0 Å². The van der Waals surface area contributed by atoms with Crippen molar-refractivity contribution in [2.24, 2.45) is 0 Å². The second kappa shape index (κ2) is 18.2. The summed E-state index contributed by atoms with van der Waals surface area (Å²) in [5.41, 5.74) is 6.03. The third-order valence-electron chi connectivity index (χ3n) is 5.16. The number of aryl methyl sites for hydroxylation is 2. The molecular weight excluding hydrogens is 432 g/mol. The maximum absolute atomic E-state index is 2.22. The van der Waals surface area contributed by atoms with Crippen molar-refractivity contribution in [2.75, 3.05) is 0 Å². The van der Waals surface area contributed by atoms with Crippen LogP contribution in [0.15, 0.2) is 121 Å². The highest BCUT2D eigenvalue weighted by Gasteiger charge is 2.12. The van der Waals surface area contributed by atoms with Gasteiger partial charge in [-0.3, -0.25) is 0 Å². The molecule has 0 atom stereocenters. The van der Waals surface area contributed by atoms with Crippen molar-refractivity contribution < 1.29 is 0 Å². The monoisotopic (exact) mass is 482 g/mol. The summed E-state index contributed by atoms with van der Waals surface area (Å²) in [6.07, 6.45) is 0. The number of hydrogen-bond donors (Lipinski definition) is 0. The number of benzene rings is 4. The lowest BCUT2D eigenvalue weighted by molar-refractivity contribution is 0.590. The minimum atomic E-state index is 0.293. The first-order valence-electron chi connectivity index (χ1n) is 13.1. The van der Waals surface area contributed by atoms with Gasteiger partial charge in [0.15, 0.2) is 0 Å². The minimum Gasteiger partial charge on any atom is -0.0683 e. The predicted octanol–water partition coefficient (Wildman–Crippen LogP) is 11.0. The lowest BCUT2D eigenvalue weighted by Gasteiger charge is -2.18. The van der Waals surface area contributed by atoms with E-state index < -0.39 is 0 Å². The molecule has 0 saturated heterocycles. The van der Waals surface area contributed by atoms with Crippen LogP contribution in [-0.4, -0.2) is 0 Å². The van der Waals surface area contributed by atoms with Gasteiger partial charge in [-0.1, -0.05) is 188 Å². The number of hydrogen-bond acceptors (Lipinski definition) is 0. The molecule has 36 heavy (non-hydrogen) atoms. The summed E-state index contributed by atoms with van der Waals surface area (Å²) >= 11 is 0. The molecule has 4 aromatic carbocycles. The Balaban J connectivity index is 0.000000448. The summed E-state index contributed by atoms with van der Waals surface area (Å²) in [6, 6.07) is 41.6. The van der Waals surface area contributed by atoms with Gasteiger partial charge in [-0.25, -0.2) is 0 Å². The molecule has 0 N–H and O–H groups in total. The van der Waals surface area contributed by atoms with E-state index in [0.717, 1.165) is 0 Å². The van der Waals surface area contributed by atoms with Crippen LogP contribution < -0.4 is 0 Å². The Morgan fingerprint density at radius 3 is 0.639 bits per heavy atom. The van der Waals surface area contributed by atoms with Crippen molar-refractivity contribution in [1.82, 2.24) is 0 Å². The minimum absolute atomic E-state index is 0.293. The molecule has 0 aromatic heterocycles. The second-order valence-electron chi connectivity index (χ2n) is 10.5. The van der Waals surface area contributed by atoms with Crippen LogP contribution in [0.4, 0.5) is 0 Å². The van der Waals surface area contributed by atoms with Crippen molar-refractivity contribution in [2.45, 2.75) is 80.1 Å². The van der Waals surface area contributed by atoms with E-state index in [-0.39, 0.29) is 0 Å². The standard InChI is InChI=1S/2C10H14.2C7H8.C2H6/c2*1-10(2,3)9-7-5-4-6-8-9;2*1-7-5-3-2-4-6-7;1-2/h2*4-8H,1-3H3;2*2-6H,1H3;1-2H3.